The molecule has 0 aliphatic carbocycles. The van der Waals surface area contributed by atoms with Crippen molar-refractivity contribution in [1.82, 2.24) is 5.32 Å². The first-order valence-electron chi connectivity index (χ1n) is 4.83. The molecule has 0 aromatic carbocycles. The lowest BCUT2D eigenvalue weighted by atomic mass is 9.95. The van der Waals surface area contributed by atoms with E-state index >= 15 is 0 Å². The van der Waals surface area contributed by atoms with E-state index in [1.807, 2.05) is 0 Å². The molecule has 2 heteroatoms. The van der Waals surface area contributed by atoms with Crippen LogP contribution in [-0.4, -0.2) is 13.0 Å². The van der Waals surface area contributed by atoms with Crippen LogP contribution in [0.15, 0.2) is 0 Å². The first-order valence-corrected chi connectivity index (χ1v) is 4.83. The molecule has 0 heterocycles. The molecule has 0 aliphatic heterocycles. The number of amides is 1. The van der Waals surface area contributed by atoms with Gasteiger partial charge in [-0.1, -0.05) is 27.2 Å². The van der Waals surface area contributed by atoms with Crippen LogP contribution in [-0.2, 0) is 4.79 Å². The van der Waals surface area contributed by atoms with Gasteiger partial charge < -0.3 is 5.32 Å². The van der Waals surface area contributed by atoms with E-state index in [4.69, 9.17) is 0 Å². The van der Waals surface area contributed by atoms with Crippen LogP contribution < -0.4 is 5.32 Å². The minimum Gasteiger partial charge on any atom is -0.359 e. The second-order valence-corrected chi connectivity index (χ2v) is 3.69. The van der Waals surface area contributed by atoms with Crippen LogP contribution in [0.25, 0.3) is 0 Å². The average Bonchev–Trinajstić information content (AvgIpc) is 2.04. The molecule has 0 aliphatic rings. The molecule has 1 amide bonds. The van der Waals surface area contributed by atoms with Crippen molar-refractivity contribution in [3.05, 3.63) is 0 Å². The number of carbonyl (C=O) groups excluding carboxylic acids is 1. The Kier molecular flexibility index (Phi) is 5.77. The van der Waals surface area contributed by atoms with Crippen LogP contribution in [0.2, 0.25) is 0 Å². The van der Waals surface area contributed by atoms with Gasteiger partial charge in [0.05, 0.1) is 0 Å². The molecule has 72 valence electrons. The van der Waals surface area contributed by atoms with Crippen LogP contribution >= 0.6 is 0 Å². The molecule has 1 atom stereocenters. The quantitative estimate of drug-likeness (QED) is 0.675. The van der Waals surface area contributed by atoms with Gasteiger partial charge in [0.25, 0.3) is 0 Å². The van der Waals surface area contributed by atoms with Crippen molar-refractivity contribution in [2.24, 2.45) is 11.8 Å². The maximum atomic E-state index is 11.2. The summed E-state index contributed by atoms with van der Waals surface area (Å²) in [5.41, 5.74) is 0. The number of rotatable bonds is 5. The summed E-state index contributed by atoms with van der Waals surface area (Å²) in [5.74, 6) is 1.11. The van der Waals surface area contributed by atoms with Gasteiger partial charge in [-0.25, -0.2) is 0 Å². The summed E-state index contributed by atoms with van der Waals surface area (Å²) in [4.78, 5) is 11.2. The maximum absolute atomic E-state index is 11.2. The van der Waals surface area contributed by atoms with Gasteiger partial charge in [-0.15, -0.1) is 0 Å². The molecule has 1 unspecified atom stereocenters. The fourth-order valence-electron chi connectivity index (χ4n) is 1.26. The maximum Gasteiger partial charge on any atom is 0.222 e. The van der Waals surface area contributed by atoms with E-state index < -0.39 is 0 Å². The van der Waals surface area contributed by atoms with Gasteiger partial charge in [-0.3, -0.25) is 4.79 Å². The Morgan fingerprint density at radius 1 is 1.33 bits per heavy atom. The first kappa shape index (κ1) is 11.5. The van der Waals surface area contributed by atoms with E-state index in [1.165, 1.54) is 0 Å². The van der Waals surface area contributed by atoms with Crippen molar-refractivity contribution in [3.63, 3.8) is 0 Å². The highest BCUT2D eigenvalue weighted by atomic mass is 16.1. The molecule has 0 fully saturated rings. The van der Waals surface area contributed by atoms with Crippen LogP contribution in [0.5, 0.6) is 0 Å². The van der Waals surface area contributed by atoms with Crippen LogP contribution in [0.1, 0.15) is 40.0 Å². The molecule has 12 heavy (non-hydrogen) atoms. The molecule has 0 radical (unpaired) electrons. The lowest BCUT2D eigenvalue weighted by Gasteiger charge is -2.13. The molecular weight excluding hydrogens is 150 g/mol. The standard InChI is InChI=1S/C10H21NO/c1-5-9(10(12)11-4)7-6-8(2)3/h8-9H,5-7H2,1-4H3,(H,11,12). The largest absolute Gasteiger partial charge is 0.359 e. The molecule has 2 nitrogen and oxygen atoms in total. The topological polar surface area (TPSA) is 29.1 Å². The highest BCUT2D eigenvalue weighted by Crippen LogP contribution is 2.15. The minimum atomic E-state index is 0.193. The number of hydrogen-bond donors (Lipinski definition) is 1. The van der Waals surface area contributed by atoms with Crippen LogP contribution in [0, 0.1) is 11.8 Å². The van der Waals surface area contributed by atoms with Gasteiger partial charge in [-0.05, 0) is 18.8 Å². The SMILES string of the molecule is CCC(CCC(C)C)C(=O)NC. The molecule has 0 saturated carbocycles. The zero-order valence-electron chi connectivity index (χ0n) is 8.68. The number of hydrogen-bond acceptors (Lipinski definition) is 1. The molecule has 0 bridgehead atoms. The van der Waals surface area contributed by atoms with E-state index in [2.05, 4.69) is 26.1 Å². The lowest BCUT2D eigenvalue weighted by Crippen LogP contribution is -2.27. The summed E-state index contributed by atoms with van der Waals surface area (Å²) in [6, 6.07) is 0. The zero-order valence-corrected chi connectivity index (χ0v) is 8.68. The highest BCUT2D eigenvalue weighted by molar-refractivity contribution is 5.78. The summed E-state index contributed by atoms with van der Waals surface area (Å²) in [7, 11) is 1.71. The summed E-state index contributed by atoms with van der Waals surface area (Å²) in [6.45, 7) is 6.45. The third kappa shape index (κ3) is 4.37. The molecule has 0 saturated heterocycles. The normalized spacial score (nSPS) is 13.1. The van der Waals surface area contributed by atoms with Crippen LogP contribution in [0.4, 0.5) is 0 Å². The van der Waals surface area contributed by atoms with Crippen molar-refractivity contribution < 1.29 is 4.79 Å². The Hall–Kier alpha value is -0.530. The molecule has 0 spiro atoms. The monoisotopic (exact) mass is 171 g/mol. The highest BCUT2D eigenvalue weighted by Gasteiger charge is 2.14. The van der Waals surface area contributed by atoms with Crippen molar-refractivity contribution in [1.29, 1.82) is 0 Å². The van der Waals surface area contributed by atoms with E-state index in [0.29, 0.717) is 5.92 Å². The first-order chi connectivity index (χ1) is 5.61. The van der Waals surface area contributed by atoms with Gasteiger partial charge in [0.15, 0.2) is 0 Å². The van der Waals surface area contributed by atoms with Gasteiger partial charge >= 0.3 is 0 Å². The van der Waals surface area contributed by atoms with E-state index in [-0.39, 0.29) is 11.8 Å². The van der Waals surface area contributed by atoms with E-state index in [1.54, 1.807) is 7.05 Å². The Morgan fingerprint density at radius 2 is 1.92 bits per heavy atom. The Balaban J connectivity index is 3.75. The number of carbonyl (C=O) groups is 1. The minimum absolute atomic E-state index is 0.193. The predicted octanol–water partition coefficient (Wildman–Crippen LogP) is 2.19. The predicted molar refractivity (Wildman–Crippen MR) is 51.9 cm³/mol. The molecule has 0 rings (SSSR count). The van der Waals surface area contributed by atoms with Crippen molar-refractivity contribution >= 4 is 5.91 Å². The molecule has 0 aromatic rings. The summed E-state index contributed by atoms with van der Waals surface area (Å²) in [5, 5.41) is 2.70. The Morgan fingerprint density at radius 3 is 2.25 bits per heavy atom. The summed E-state index contributed by atoms with van der Waals surface area (Å²) >= 11 is 0. The Bertz CT molecular complexity index is 132. The van der Waals surface area contributed by atoms with Crippen molar-refractivity contribution in [2.45, 2.75) is 40.0 Å². The van der Waals surface area contributed by atoms with E-state index in [0.717, 1.165) is 19.3 Å². The van der Waals surface area contributed by atoms with Gasteiger partial charge in [0.1, 0.15) is 0 Å². The molecule has 0 aromatic heterocycles. The summed E-state index contributed by atoms with van der Waals surface area (Å²) in [6.07, 6.45) is 3.12. The fourth-order valence-corrected chi connectivity index (χ4v) is 1.26. The van der Waals surface area contributed by atoms with E-state index in [9.17, 15) is 4.79 Å². The average molecular weight is 171 g/mol. The fraction of sp³-hybridized carbons (Fsp3) is 0.900. The van der Waals surface area contributed by atoms with Crippen molar-refractivity contribution in [3.8, 4) is 0 Å². The molecule has 1 N–H and O–H groups in total. The summed E-state index contributed by atoms with van der Waals surface area (Å²) < 4.78 is 0. The second-order valence-electron chi connectivity index (χ2n) is 3.69. The smallest absolute Gasteiger partial charge is 0.222 e. The van der Waals surface area contributed by atoms with Gasteiger partial charge in [-0.2, -0.15) is 0 Å². The van der Waals surface area contributed by atoms with Gasteiger partial charge in [0.2, 0.25) is 5.91 Å². The van der Waals surface area contributed by atoms with Crippen molar-refractivity contribution in [2.75, 3.05) is 7.05 Å². The molecular formula is C10H21NO. The number of nitrogens with one attached hydrogen (secondary N) is 1. The zero-order chi connectivity index (χ0) is 9.56. The van der Waals surface area contributed by atoms with Gasteiger partial charge in [0, 0.05) is 13.0 Å². The third-order valence-electron chi connectivity index (χ3n) is 2.20. The van der Waals surface area contributed by atoms with Crippen LogP contribution in [0.3, 0.4) is 0 Å². The lowest BCUT2D eigenvalue weighted by molar-refractivity contribution is -0.124. The third-order valence-corrected chi connectivity index (χ3v) is 2.20. The second kappa shape index (κ2) is 6.04. The Labute approximate surface area is 75.7 Å².